The number of aromatic amines is 1. The fourth-order valence-corrected chi connectivity index (χ4v) is 2.66. The summed E-state index contributed by atoms with van der Waals surface area (Å²) in [5, 5.41) is 10.0. The Bertz CT molecular complexity index is 675. The molecule has 1 aromatic carbocycles. The molecule has 6 nitrogen and oxygen atoms in total. The standard InChI is InChI=1S/C19H27N3O3/c1-5-6-13(2)19(23)20-18-11-15(21-22-18)8-7-14-9-16(24-3)12-17(10-14)25-4/h9-13H,5-8H2,1-4H3,(H2,20,21,22,23). The van der Waals surface area contributed by atoms with Gasteiger partial charge in [-0.05, 0) is 37.0 Å². The first-order chi connectivity index (χ1) is 12.0. The number of hydrogen-bond acceptors (Lipinski definition) is 4. The molecule has 0 saturated heterocycles. The molecular formula is C19H27N3O3. The second-order valence-electron chi connectivity index (χ2n) is 6.18. The Kier molecular flexibility index (Phi) is 6.86. The lowest BCUT2D eigenvalue weighted by molar-refractivity contribution is -0.119. The summed E-state index contributed by atoms with van der Waals surface area (Å²) in [5.74, 6) is 2.13. The van der Waals surface area contributed by atoms with Crippen LogP contribution in [-0.4, -0.2) is 30.3 Å². The third-order valence-corrected chi connectivity index (χ3v) is 4.15. The van der Waals surface area contributed by atoms with Gasteiger partial charge in [-0.25, -0.2) is 0 Å². The zero-order valence-corrected chi connectivity index (χ0v) is 15.4. The van der Waals surface area contributed by atoms with Crippen LogP contribution in [0.1, 0.15) is 37.9 Å². The zero-order chi connectivity index (χ0) is 18.2. The van der Waals surface area contributed by atoms with Gasteiger partial charge < -0.3 is 14.8 Å². The minimum atomic E-state index is -0.00519. The van der Waals surface area contributed by atoms with Crippen LogP contribution in [-0.2, 0) is 17.6 Å². The maximum absolute atomic E-state index is 12.0. The van der Waals surface area contributed by atoms with Gasteiger partial charge in [-0.1, -0.05) is 20.3 Å². The molecule has 1 aromatic heterocycles. The number of nitrogens with one attached hydrogen (secondary N) is 2. The Hall–Kier alpha value is -2.50. The molecule has 0 aliphatic carbocycles. The minimum Gasteiger partial charge on any atom is -0.497 e. The summed E-state index contributed by atoms with van der Waals surface area (Å²) in [6.07, 6.45) is 3.46. The number of carbonyl (C=O) groups excluding carboxylic acids is 1. The fraction of sp³-hybridized carbons (Fsp3) is 0.474. The first kappa shape index (κ1) is 18.8. The van der Waals surface area contributed by atoms with Crippen LogP contribution in [0.4, 0.5) is 5.82 Å². The Labute approximate surface area is 148 Å². The average Bonchev–Trinajstić information content (AvgIpc) is 3.07. The molecule has 2 rings (SSSR count). The van der Waals surface area contributed by atoms with E-state index in [-0.39, 0.29) is 11.8 Å². The maximum atomic E-state index is 12.0. The van der Waals surface area contributed by atoms with E-state index in [9.17, 15) is 4.79 Å². The number of hydrogen-bond donors (Lipinski definition) is 2. The number of carbonyl (C=O) groups is 1. The summed E-state index contributed by atoms with van der Waals surface area (Å²) in [6, 6.07) is 7.72. The number of rotatable bonds is 9. The predicted octanol–water partition coefficient (Wildman–Crippen LogP) is 3.59. The van der Waals surface area contributed by atoms with Crippen LogP contribution in [0.25, 0.3) is 0 Å². The van der Waals surface area contributed by atoms with Crippen molar-refractivity contribution in [2.75, 3.05) is 19.5 Å². The number of aromatic nitrogens is 2. The van der Waals surface area contributed by atoms with Crippen molar-refractivity contribution in [3.05, 3.63) is 35.5 Å². The highest BCUT2D eigenvalue weighted by molar-refractivity contribution is 5.91. The topological polar surface area (TPSA) is 76.2 Å². The van der Waals surface area contributed by atoms with Crippen LogP contribution in [0.5, 0.6) is 11.5 Å². The molecule has 1 atom stereocenters. The molecule has 0 radical (unpaired) electrons. The van der Waals surface area contributed by atoms with Gasteiger partial charge in [-0.2, -0.15) is 5.10 Å². The van der Waals surface area contributed by atoms with Crippen LogP contribution in [0.2, 0.25) is 0 Å². The third kappa shape index (κ3) is 5.52. The second-order valence-corrected chi connectivity index (χ2v) is 6.18. The average molecular weight is 345 g/mol. The van der Waals surface area contributed by atoms with Gasteiger partial charge in [0.15, 0.2) is 5.82 Å². The van der Waals surface area contributed by atoms with E-state index in [0.29, 0.717) is 5.82 Å². The number of anilines is 1. The fourth-order valence-electron chi connectivity index (χ4n) is 2.66. The van der Waals surface area contributed by atoms with E-state index < -0.39 is 0 Å². The number of methoxy groups -OCH3 is 2. The lowest BCUT2D eigenvalue weighted by Gasteiger charge is -2.08. The van der Waals surface area contributed by atoms with Gasteiger partial charge in [0, 0.05) is 23.7 Å². The Morgan fingerprint density at radius 2 is 1.84 bits per heavy atom. The highest BCUT2D eigenvalue weighted by Crippen LogP contribution is 2.23. The SMILES string of the molecule is CCCC(C)C(=O)Nc1cc(CCc2cc(OC)cc(OC)c2)[nH]n1. The molecule has 1 heterocycles. The van der Waals surface area contributed by atoms with E-state index in [1.165, 1.54) is 0 Å². The highest BCUT2D eigenvalue weighted by atomic mass is 16.5. The monoisotopic (exact) mass is 345 g/mol. The van der Waals surface area contributed by atoms with Crippen molar-refractivity contribution in [2.24, 2.45) is 5.92 Å². The first-order valence-corrected chi connectivity index (χ1v) is 8.62. The highest BCUT2D eigenvalue weighted by Gasteiger charge is 2.13. The maximum Gasteiger partial charge on any atom is 0.228 e. The lowest BCUT2D eigenvalue weighted by Crippen LogP contribution is -2.20. The molecule has 0 fully saturated rings. The van der Waals surface area contributed by atoms with Crippen molar-refractivity contribution < 1.29 is 14.3 Å². The van der Waals surface area contributed by atoms with E-state index in [1.807, 2.05) is 31.2 Å². The predicted molar refractivity (Wildman–Crippen MR) is 98.2 cm³/mol. The van der Waals surface area contributed by atoms with Gasteiger partial charge in [0.25, 0.3) is 0 Å². The molecule has 0 aliphatic heterocycles. The molecule has 0 spiro atoms. The van der Waals surface area contributed by atoms with E-state index in [0.717, 1.165) is 48.4 Å². The van der Waals surface area contributed by atoms with Gasteiger partial charge >= 0.3 is 0 Å². The van der Waals surface area contributed by atoms with Crippen molar-refractivity contribution in [3.8, 4) is 11.5 Å². The molecule has 1 unspecified atom stereocenters. The number of ether oxygens (including phenoxy) is 2. The van der Waals surface area contributed by atoms with Crippen molar-refractivity contribution in [1.82, 2.24) is 10.2 Å². The van der Waals surface area contributed by atoms with Crippen molar-refractivity contribution in [1.29, 1.82) is 0 Å². The molecule has 136 valence electrons. The van der Waals surface area contributed by atoms with Crippen LogP contribution in [0.3, 0.4) is 0 Å². The number of benzene rings is 1. The Morgan fingerprint density at radius 3 is 2.44 bits per heavy atom. The summed E-state index contributed by atoms with van der Waals surface area (Å²) in [7, 11) is 3.28. The van der Waals surface area contributed by atoms with Gasteiger partial charge in [-0.3, -0.25) is 9.89 Å². The van der Waals surface area contributed by atoms with E-state index in [2.05, 4.69) is 22.4 Å². The molecule has 1 amide bonds. The van der Waals surface area contributed by atoms with Crippen molar-refractivity contribution >= 4 is 11.7 Å². The van der Waals surface area contributed by atoms with Crippen molar-refractivity contribution in [2.45, 2.75) is 39.5 Å². The van der Waals surface area contributed by atoms with Gasteiger partial charge in [0.05, 0.1) is 14.2 Å². The molecule has 2 aromatic rings. The lowest BCUT2D eigenvalue weighted by atomic mass is 10.1. The largest absolute Gasteiger partial charge is 0.497 e. The second kappa shape index (κ2) is 9.11. The molecule has 0 bridgehead atoms. The molecule has 6 heteroatoms. The molecular weight excluding hydrogens is 318 g/mol. The molecule has 25 heavy (non-hydrogen) atoms. The molecule has 2 N–H and O–H groups in total. The minimum absolute atomic E-state index is 0.00519. The normalized spacial score (nSPS) is 11.8. The van der Waals surface area contributed by atoms with Crippen molar-refractivity contribution in [3.63, 3.8) is 0 Å². The van der Waals surface area contributed by atoms with Gasteiger partial charge in [0.2, 0.25) is 5.91 Å². The summed E-state index contributed by atoms with van der Waals surface area (Å²) in [4.78, 5) is 12.0. The van der Waals surface area contributed by atoms with E-state index >= 15 is 0 Å². The van der Waals surface area contributed by atoms with Crippen LogP contribution in [0, 0.1) is 5.92 Å². The van der Waals surface area contributed by atoms with E-state index in [1.54, 1.807) is 14.2 Å². The summed E-state index contributed by atoms with van der Waals surface area (Å²) in [5.41, 5.74) is 2.09. The quantitative estimate of drug-likeness (QED) is 0.728. The first-order valence-electron chi connectivity index (χ1n) is 8.62. The zero-order valence-electron chi connectivity index (χ0n) is 15.4. The smallest absolute Gasteiger partial charge is 0.228 e. The Balaban J connectivity index is 1.94. The summed E-state index contributed by atoms with van der Waals surface area (Å²) >= 11 is 0. The third-order valence-electron chi connectivity index (χ3n) is 4.15. The number of nitrogens with zero attached hydrogens (tertiary/aromatic N) is 1. The number of H-pyrrole nitrogens is 1. The van der Waals surface area contributed by atoms with E-state index in [4.69, 9.17) is 9.47 Å². The summed E-state index contributed by atoms with van der Waals surface area (Å²) < 4.78 is 10.6. The van der Waals surface area contributed by atoms with Gasteiger partial charge in [-0.15, -0.1) is 0 Å². The number of amides is 1. The van der Waals surface area contributed by atoms with Crippen LogP contribution >= 0.6 is 0 Å². The van der Waals surface area contributed by atoms with Crippen LogP contribution < -0.4 is 14.8 Å². The van der Waals surface area contributed by atoms with Crippen LogP contribution in [0.15, 0.2) is 24.3 Å². The molecule has 0 aliphatic rings. The molecule has 0 saturated carbocycles. The number of aryl methyl sites for hydroxylation is 2. The Morgan fingerprint density at radius 1 is 1.16 bits per heavy atom. The summed E-state index contributed by atoms with van der Waals surface area (Å²) in [6.45, 7) is 4.01. The van der Waals surface area contributed by atoms with Gasteiger partial charge in [0.1, 0.15) is 11.5 Å².